The van der Waals surface area contributed by atoms with Crippen molar-refractivity contribution >= 4 is 13.3 Å². The maximum absolute atomic E-state index is 5.42. The molecule has 0 saturated carbocycles. The van der Waals surface area contributed by atoms with Crippen LogP contribution in [0.1, 0.15) is 19.7 Å². The average Bonchev–Trinajstić information content (AvgIpc) is 2.03. The molecule has 0 atom stereocenters. The second-order valence-electron chi connectivity index (χ2n) is 2.79. The van der Waals surface area contributed by atoms with Crippen molar-refractivity contribution in [3.63, 3.8) is 0 Å². The maximum Gasteiger partial charge on any atom is 0.153 e. The van der Waals surface area contributed by atoms with E-state index >= 15 is 0 Å². The van der Waals surface area contributed by atoms with E-state index in [0.717, 1.165) is 0 Å². The predicted octanol–water partition coefficient (Wildman–Crippen LogP) is 0.195. The molecule has 1 heterocycles. The first-order valence-electron chi connectivity index (χ1n) is 3.86. The van der Waals surface area contributed by atoms with Crippen LogP contribution in [0.25, 0.3) is 0 Å². The van der Waals surface area contributed by atoms with Gasteiger partial charge in [0.15, 0.2) is 5.82 Å². The molecule has 0 aliphatic carbocycles. The molecule has 1 rings (SSSR count). The molecule has 62 valence electrons. The molecule has 2 radical (unpaired) electrons. The third kappa shape index (κ3) is 3.01. The van der Waals surface area contributed by atoms with Gasteiger partial charge in [-0.1, -0.05) is 5.46 Å². The monoisotopic (exact) mass is 162 g/mol. The molecule has 4 heteroatoms. The normalized spacial score (nSPS) is 10.6. The first-order valence-corrected chi connectivity index (χ1v) is 3.86. The summed E-state index contributed by atoms with van der Waals surface area (Å²) >= 11 is 0. The number of hydrogen-bond acceptors (Lipinski definition) is 3. The second kappa shape index (κ2) is 4.21. The summed E-state index contributed by atoms with van der Waals surface area (Å²) in [6, 6.07) is 0. The lowest BCUT2D eigenvalue weighted by molar-refractivity contribution is 0.0613. The molecule has 0 unspecified atom stereocenters. The van der Waals surface area contributed by atoms with Gasteiger partial charge >= 0.3 is 0 Å². The highest BCUT2D eigenvalue weighted by atomic mass is 16.5. The van der Waals surface area contributed by atoms with Gasteiger partial charge < -0.3 is 4.74 Å². The van der Waals surface area contributed by atoms with E-state index in [1.165, 1.54) is 0 Å². The Hall–Kier alpha value is -0.895. The van der Waals surface area contributed by atoms with Gasteiger partial charge in [0.05, 0.1) is 6.10 Å². The lowest BCUT2D eigenvalue weighted by Crippen LogP contribution is -2.10. The summed E-state index contributed by atoms with van der Waals surface area (Å²) in [6.45, 7) is 4.38. The second-order valence-corrected chi connectivity index (χ2v) is 2.79. The Bertz CT molecular complexity index is 235. The van der Waals surface area contributed by atoms with Gasteiger partial charge in [0.1, 0.15) is 14.5 Å². The molecule has 0 aliphatic rings. The van der Waals surface area contributed by atoms with Crippen LogP contribution >= 0.6 is 0 Å². The minimum absolute atomic E-state index is 0.200. The van der Waals surface area contributed by atoms with Gasteiger partial charge in [-0.05, 0) is 13.8 Å². The molecule has 0 spiro atoms. The fourth-order valence-electron chi connectivity index (χ4n) is 0.680. The van der Waals surface area contributed by atoms with Crippen molar-refractivity contribution in [2.75, 3.05) is 0 Å². The molecule has 0 N–H and O–H groups in total. The van der Waals surface area contributed by atoms with Crippen LogP contribution in [0.5, 0.6) is 0 Å². The van der Waals surface area contributed by atoms with Crippen molar-refractivity contribution in [2.45, 2.75) is 26.6 Å². The Labute approximate surface area is 73.6 Å². The molecule has 0 aromatic carbocycles. The van der Waals surface area contributed by atoms with Gasteiger partial charge in [0.25, 0.3) is 0 Å². The summed E-state index contributed by atoms with van der Waals surface area (Å²) in [5.74, 6) is 0.665. The molecule has 0 saturated heterocycles. The lowest BCUT2D eigenvalue weighted by Gasteiger charge is -2.05. The van der Waals surface area contributed by atoms with E-state index in [1.54, 1.807) is 12.4 Å². The highest BCUT2D eigenvalue weighted by Gasteiger charge is 1.97. The number of aromatic nitrogens is 2. The molecular formula is C8H11BN2O. The van der Waals surface area contributed by atoms with Crippen molar-refractivity contribution in [3.05, 3.63) is 18.2 Å². The van der Waals surface area contributed by atoms with Gasteiger partial charge in [0.2, 0.25) is 0 Å². The zero-order chi connectivity index (χ0) is 8.97. The largest absolute Gasteiger partial charge is 0.371 e. The lowest BCUT2D eigenvalue weighted by atomic mass is 10.0. The summed E-state index contributed by atoms with van der Waals surface area (Å²) in [5.41, 5.74) is 0.572. The Morgan fingerprint density at radius 3 is 2.50 bits per heavy atom. The van der Waals surface area contributed by atoms with Crippen LogP contribution in [0.15, 0.2) is 12.4 Å². The number of hydrogen-bond donors (Lipinski definition) is 0. The first kappa shape index (κ1) is 9.19. The molecule has 0 bridgehead atoms. The Morgan fingerprint density at radius 1 is 1.42 bits per heavy atom. The molecule has 0 aliphatic heterocycles. The topological polar surface area (TPSA) is 35.0 Å². The molecule has 12 heavy (non-hydrogen) atoms. The van der Waals surface area contributed by atoms with Gasteiger partial charge in [-0.25, -0.2) is 9.97 Å². The van der Waals surface area contributed by atoms with Crippen molar-refractivity contribution < 1.29 is 4.74 Å². The summed E-state index contributed by atoms with van der Waals surface area (Å²) in [6.07, 6.45) is 3.35. The van der Waals surface area contributed by atoms with Crippen LogP contribution < -0.4 is 5.46 Å². The van der Waals surface area contributed by atoms with E-state index in [1.807, 2.05) is 13.8 Å². The van der Waals surface area contributed by atoms with Gasteiger partial charge in [-0.2, -0.15) is 0 Å². The molecule has 1 aromatic heterocycles. The molecule has 3 nitrogen and oxygen atoms in total. The number of rotatable bonds is 3. The smallest absolute Gasteiger partial charge is 0.153 e. The van der Waals surface area contributed by atoms with E-state index in [2.05, 4.69) is 9.97 Å². The molecule has 0 amide bonds. The molecule has 0 fully saturated rings. The summed E-state index contributed by atoms with van der Waals surface area (Å²) in [4.78, 5) is 7.98. The molecular weight excluding hydrogens is 151 g/mol. The predicted molar refractivity (Wildman–Crippen MR) is 47.3 cm³/mol. The Kier molecular flexibility index (Phi) is 3.23. The van der Waals surface area contributed by atoms with Crippen molar-refractivity contribution in [1.29, 1.82) is 0 Å². The Balaban J connectivity index is 2.48. The van der Waals surface area contributed by atoms with Gasteiger partial charge in [-0.15, -0.1) is 0 Å². The fraction of sp³-hybridized carbons (Fsp3) is 0.500. The Morgan fingerprint density at radius 2 is 2.00 bits per heavy atom. The van der Waals surface area contributed by atoms with E-state index in [9.17, 15) is 0 Å². The summed E-state index contributed by atoms with van der Waals surface area (Å²) in [5, 5.41) is 0. The highest BCUT2D eigenvalue weighted by Crippen LogP contribution is 1.94. The van der Waals surface area contributed by atoms with Crippen molar-refractivity contribution in [3.8, 4) is 0 Å². The van der Waals surface area contributed by atoms with E-state index in [4.69, 9.17) is 12.6 Å². The fourth-order valence-corrected chi connectivity index (χ4v) is 0.680. The zero-order valence-corrected chi connectivity index (χ0v) is 7.32. The van der Waals surface area contributed by atoms with Crippen molar-refractivity contribution in [1.82, 2.24) is 9.97 Å². The van der Waals surface area contributed by atoms with Crippen LogP contribution in [-0.2, 0) is 11.3 Å². The van der Waals surface area contributed by atoms with Crippen molar-refractivity contribution in [2.24, 2.45) is 0 Å². The minimum atomic E-state index is 0.200. The number of ether oxygens (including phenoxy) is 1. The van der Waals surface area contributed by atoms with Crippen LogP contribution in [0.2, 0.25) is 0 Å². The number of nitrogens with zero attached hydrogens (tertiary/aromatic N) is 2. The first-order chi connectivity index (χ1) is 5.68. The molecule has 1 aromatic rings. The zero-order valence-electron chi connectivity index (χ0n) is 7.32. The van der Waals surface area contributed by atoms with Gasteiger partial charge in [0, 0.05) is 12.4 Å². The average molecular weight is 162 g/mol. The van der Waals surface area contributed by atoms with E-state index < -0.39 is 0 Å². The van der Waals surface area contributed by atoms with Crippen LogP contribution in [0.4, 0.5) is 0 Å². The highest BCUT2D eigenvalue weighted by molar-refractivity contribution is 6.31. The standard InChI is InChI=1S/C8H11BN2O/c1-6(2)12-5-8-10-3-7(9)4-11-8/h3-4,6H,5H2,1-2H3. The third-order valence-corrected chi connectivity index (χ3v) is 1.27. The summed E-state index contributed by atoms with van der Waals surface area (Å²) in [7, 11) is 5.42. The minimum Gasteiger partial charge on any atom is -0.371 e. The SMILES string of the molecule is [B]c1cnc(COC(C)C)nc1. The van der Waals surface area contributed by atoms with Crippen LogP contribution in [-0.4, -0.2) is 23.9 Å². The maximum atomic E-state index is 5.42. The summed E-state index contributed by atoms with van der Waals surface area (Å²) < 4.78 is 5.30. The quantitative estimate of drug-likeness (QED) is 0.595. The third-order valence-electron chi connectivity index (χ3n) is 1.27. The van der Waals surface area contributed by atoms with Gasteiger partial charge in [-0.3, -0.25) is 0 Å². The van der Waals surface area contributed by atoms with E-state index in [-0.39, 0.29) is 6.10 Å². The van der Waals surface area contributed by atoms with Crippen LogP contribution in [0.3, 0.4) is 0 Å². The van der Waals surface area contributed by atoms with E-state index in [0.29, 0.717) is 17.9 Å². The van der Waals surface area contributed by atoms with Crippen LogP contribution in [0, 0.1) is 0 Å².